The lowest BCUT2D eigenvalue weighted by Crippen LogP contribution is -2.23. The van der Waals surface area contributed by atoms with Gasteiger partial charge in [0.15, 0.2) is 5.16 Å². The smallest absolute Gasteiger partial charge is 0.230 e. The Morgan fingerprint density at radius 1 is 1.35 bits per heavy atom. The van der Waals surface area contributed by atoms with Crippen LogP contribution in [0.3, 0.4) is 0 Å². The van der Waals surface area contributed by atoms with E-state index in [1.54, 1.807) is 6.92 Å². The van der Waals surface area contributed by atoms with Crippen LogP contribution in [-0.4, -0.2) is 25.9 Å². The van der Waals surface area contributed by atoms with Crippen molar-refractivity contribution in [3.05, 3.63) is 41.7 Å². The second-order valence-corrected chi connectivity index (χ2v) is 5.78. The molecule has 0 spiro atoms. The number of aromatic nitrogens is 3. The van der Waals surface area contributed by atoms with Crippen LogP contribution < -0.4 is 5.73 Å². The Morgan fingerprint density at radius 2 is 2.05 bits per heavy atom. The largest absolute Gasteiger partial charge is 0.369 e. The number of nitrogens with two attached hydrogens (primary N) is 1. The molecule has 1 aromatic heterocycles. The van der Waals surface area contributed by atoms with Crippen molar-refractivity contribution in [3.63, 3.8) is 0 Å². The van der Waals surface area contributed by atoms with Crippen LogP contribution in [0.25, 0.3) is 0 Å². The average molecular weight is 290 g/mol. The van der Waals surface area contributed by atoms with E-state index in [-0.39, 0.29) is 11.2 Å². The molecule has 1 heterocycles. The van der Waals surface area contributed by atoms with E-state index in [0.29, 0.717) is 0 Å². The van der Waals surface area contributed by atoms with Crippen LogP contribution in [0.4, 0.5) is 0 Å². The van der Waals surface area contributed by atoms with Gasteiger partial charge in [-0.1, -0.05) is 42.1 Å². The standard InChI is InChI=1S/C14H18N4OS/c1-3-18-12(9-11-7-5-4-6-8-11)16-17-14(18)20-10(2)13(15)19/h4-8,10H,3,9H2,1-2H3,(H2,15,19). The number of amides is 1. The van der Waals surface area contributed by atoms with Crippen LogP contribution in [0.2, 0.25) is 0 Å². The Balaban J connectivity index is 2.19. The van der Waals surface area contributed by atoms with Crippen LogP contribution in [0.1, 0.15) is 25.2 Å². The van der Waals surface area contributed by atoms with Crippen LogP contribution >= 0.6 is 11.8 Å². The monoisotopic (exact) mass is 290 g/mol. The summed E-state index contributed by atoms with van der Waals surface area (Å²) in [5.41, 5.74) is 6.48. The van der Waals surface area contributed by atoms with Crippen molar-refractivity contribution in [1.29, 1.82) is 0 Å². The maximum atomic E-state index is 11.1. The van der Waals surface area contributed by atoms with Crippen LogP contribution in [0.5, 0.6) is 0 Å². The van der Waals surface area contributed by atoms with Gasteiger partial charge < -0.3 is 10.3 Å². The Hall–Kier alpha value is -1.82. The van der Waals surface area contributed by atoms with Crippen LogP contribution in [0.15, 0.2) is 35.5 Å². The Labute approximate surface area is 122 Å². The number of carbonyl (C=O) groups excluding carboxylic acids is 1. The number of primary amides is 1. The first-order valence-electron chi connectivity index (χ1n) is 6.53. The summed E-state index contributed by atoms with van der Waals surface area (Å²) in [6.07, 6.45) is 0.729. The molecule has 0 aliphatic heterocycles. The van der Waals surface area contributed by atoms with Gasteiger partial charge in [-0.25, -0.2) is 0 Å². The molecule has 0 aliphatic carbocycles. The van der Waals surface area contributed by atoms with Crippen molar-refractivity contribution in [2.45, 2.75) is 37.2 Å². The highest BCUT2D eigenvalue weighted by Gasteiger charge is 2.17. The quantitative estimate of drug-likeness (QED) is 0.824. The summed E-state index contributed by atoms with van der Waals surface area (Å²) in [6, 6.07) is 10.1. The van der Waals surface area contributed by atoms with E-state index in [1.807, 2.05) is 29.7 Å². The van der Waals surface area contributed by atoms with E-state index in [1.165, 1.54) is 17.3 Å². The van der Waals surface area contributed by atoms with Gasteiger partial charge in [0, 0.05) is 13.0 Å². The lowest BCUT2D eigenvalue weighted by atomic mass is 10.1. The van der Waals surface area contributed by atoms with Gasteiger partial charge in [0.05, 0.1) is 5.25 Å². The fourth-order valence-electron chi connectivity index (χ4n) is 1.85. The van der Waals surface area contributed by atoms with Gasteiger partial charge >= 0.3 is 0 Å². The van der Waals surface area contributed by atoms with E-state index in [2.05, 4.69) is 22.3 Å². The normalized spacial score (nSPS) is 12.3. The molecule has 2 rings (SSSR count). The molecule has 0 bridgehead atoms. The number of hydrogen-bond acceptors (Lipinski definition) is 4. The summed E-state index contributed by atoms with van der Waals surface area (Å²) in [7, 11) is 0. The molecule has 1 unspecified atom stereocenters. The third-order valence-corrected chi connectivity index (χ3v) is 4.10. The third kappa shape index (κ3) is 3.39. The summed E-state index contributed by atoms with van der Waals surface area (Å²) in [6.45, 7) is 4.58. The second-order valence-electron chi connectivity index (χ2n) is 4.47. The maximum Gasteiger partial charge on any atom is 0.230 e. The molecule has 0 radical (unpaired) electrons. The molecule has 0 saturated carbocycles. The second kappa shape index (κ2) is 6.56. The maximum absolute atomic E-state index is 11.1. The van der Waals surface area contributed by atoms with Gasteiger partial charge in [-0.2, -0.15) is 0 Å². The molecule has 1 aromatic carbocycles. The zero-order valence-electron chi connectivity index (χ0n) is 11.6. The molecular weight excluding hydrogens is 272 g/mol. The molecule has 2 aromatic rings. The topological polar surface area (TPSA) is 73.8 Å². The van der Waals surface area contributed by atoms with E-state index in [0.717, 1.165) is 23.9 Å². The van der Waals surface area contributed by atoms with Crippen molar-refractivity contribution >= 4 is 17.7 Å². The van der Waals surface area contributed by atoms with Gasteiger partial charge in [-0.3, -0.25) is 4.79 Å². The number of carbonyl (C=O) groups is 1. The number of rotatable bonds is 6. The molecular formula is C14H18N4OS. The molecule has 5 nitrogen and oxygen atoms in total. The summed E-state index contributed by atoms with van der Waals surface area (Å²) in [5.74, 6) is 0.558. The molecule has 20 heavy (non-hydrogen) atoms. The summed E-state index contributed by atoms with van der Waals surface area (Å²) < 4.78 is 2.02. The Kier molecular flexibility index (Phi) is 4.79. The minimum absolute atomic E-state index is 0.311. The Morgan fingerprint density at radius 3 is 2.65 bits per heavy atom. The molecule has 1 amide bonds. The molecule has 106 valence electrons. The molecule has 0 aliphatic rings. The highest BCUT2D eigenvalue weighted by atomic mass is 32.2. The third-order valence-electron chi connectivity index (χ3n) is 3.00. The molecule has 2 N–H and O–H groups in total. The first-order valence-corrected chi connectivity index (χ1v) is 7.41. The first kappa shape index (κ1) is 14.6. The zero-order chi connectivity index (χ0) is 14.5. The number of thioether (sulfide) groups is 1. The first-order chi connectivity index (χ1) is 9.61. The molecule has 6 heteroatoms. The number of nitrogens with zero attached hydrogens (tertiary/aromatic N) is 3. The SMILES string of the molecule is CCn1c(Cc2ccccc2)nnc1SC(C)C(N)=O. The Bertz CT molecular complexity index is 582. The highest BCUT2D eigenvalue weighted by molar-refractivity contribution is 8.00. The summed E-state index contributed by atoms with van der Waals surface area (Å²) in [5, 5.41) is 8.84. The molecule has 0 saturated heterocycles. The van der Waals surface area contributed by atoms with E-state index >= 15 is 0 Å². The van der Waals surface area contributed by atoms with Crippen molar-refractivity contribution in [2.24, 2.45) is 5.73 Å². The van der Waals surface area contributed by atoms with Crippen LogP contribution in [0, 0.1) is 0 Å². The van der Waals surface area contributed by atoms with Crippen LogP contribution in [-0.2, 0) is 17.8 Å². The van der Waals surface area contributed by atoms with E-state index in [4.69, 9.17) is 5.73 Å². The predicted molar refractivity (Wildman–Crippen MR) is 79.5 cm³/mol. The summed E-state index contributed by atoms with van der Waals surface area (Å²) >= 11 is 1.35. The van der Waals surface area contributed by atoms with Crippen molar-refractivity contribution in [2.75, 3.05) is 0 Å². The lowest BCUT2D eigenvalue weighted by molar-refractivity contribution is -0.117. The van der Waals surface area contributed by atoms with Crippen molar-refractivity contribution in [1.82, 2.24) is 14.8 Å². The van der Waals surface area contributed by atoms with Crippen molar-refractivity contribution < 1.29 is 4.79 Å². The number of hydrogen-bond donors (Lipinski definition) is 1. The van der Waals surface area contributed by atoms with Gasteiger partial charge in [-0.05, 0) is 19.4 Å². The highest BCUT2D eigenvalue weighted by Crippen LogP contribution is 2.22. The van der Waals surface area contributed by atoms with Crippen molar-refractivity contribution in [3.8, 4) is 0 Å². The summed E-state index contributed by atoms with van der Waals surface area (Å²) in [4.78, 5) is 11.1. The van der Waals surface area contributed by atoms with Gasteiger partial charge in [-0.15, -0.1) is 10.2 Å². The van der Waals surface area contributed by atoms with Gasteiger partial charge in [0.1, 0.15) is 5.82 Å². The van der Waals surface area contributed by atoms with E-state index in [9.17, 15) is 4.79 Å². The average Bonchev–Trinajstić information content (AvgIpc) is 2.81. The molecule has 0 fully saturated rings. The number of benzene rings is 1. The minimum atomic E-state index is -0.342. The molecule has 1 atom stereocenters. The van der Waals surface area contributed by atoms with E-state index < -0.39 is 0 Å². The fraction of sp³-hybridized carbons (Fsp3) is 0.357. The zero-order valence-corrected chi connectivity index (χ0v) is 12.4. The van der Waals surface area contributed by atoms with Gasteiger partial charge in [0.25, 0.3) is 0 Å². The van der Waals surface area contributed by atoms with Gasteiger partial charge in [0.2, 0.25) is 5.91 Å². The predicted octanol–water partition coefficient (Wildman–Crippen LogP) is 1.85. The minimum Gasteiger partial charge on any atom is -0.369 e. The lowest BCUT2D eigenvalue weighted by Gasteiger charge is -2.09. The fourth-order valence-corrected chi connectivity index (χ4v) is 2.73.